The first-order chi connectivity index (χ1) is 9.51. The van der Waals surface area contributed by atoms with Gasteiger partial charge in [0.2, 0.25) is 10.0 Å². The Balaban J connectivity index is 2.10. The van der Waals surface area contributed by atoms with Gasteiger partial charge in [-0.15, -0.1) is 0 Å². The molecule has 7 heteroatoms. The van der Waals surface area contributed by atoms with E-state index in [1.807, 2.05) is 6.07 Å². The number of sulfonamides is 1. The van der Waals surface area contributed by atoms with Crippen LogP contribution in [0.4, 0.5) is 0 Å². The van der Waals surface area contributed by atoms with Crippen LogP contribution in [0.25, 0.3) is 10.9 Å². The average molecular weight is 294 g/mol. The van der Waals surface area contributed by atoms with Crippen LogP contribution >= 0.6 is 0 Å². The van der Waals surface area contributed by atoms with Gasteiger partial charge in [0.05, 0.1) is 0 Å². The van der Waals surface area contributed by atoms with E-state index in [1.165, 1.54) is 6.20 Å². The maximum atomic E-state index is 12.7. The van der Waals surface area contributed by atoms with Crippen LogP contribution in [-0.2, 0) is 14.8 Å². The topological polar surface area (TPSA) is 90.5 Å². The van der Waals surface area contributed by atoms with Crippen molar-refractivity contribution in [3.05, 3.63) is 30.5 Å². The summed E-state index contributed by atoms with van der Waals surface area (Å²) in [6.45, 7) is 0.249. The summed E-state index contributed by atoms with van der Waals surface area (Å²) < 4.78 is 26.4. The van der Waals surface area contributed by atoms with Gasteiger partial charge in [-0.2, -0.15) is 4.31 Å². The lowest BCUT2D eigenvalue weighted by molar-refractivity contribution is -0.140. The van der Waals surface area contributed by atoms with Gasteiger partial charge in [0.15, 0.2) is 0 Å². The Hall–Kier alpha value is -1.86. The second kappa shape index (κ2) is 4.60. The molecule has 2 heterocycles. The first-order valence-corrected chi connectivity index (χ1v) is 7.76. The number of hydrogen-bond acceptors (Lipinski definition) is 3. The first kappa shape index (κ1) is 13.1. The average Bonchev–Trinajstić information content (AvgIpc) is 3.06. The lowest BCUT2D eigenvalue weighted by Crippen LogP contribution is -2.40. The fourth-order valence-electron chi connectivity index (χ4n) is 2.66. The largest absolute Gasteiger partial charge is 0.480 e. The molecule has 2 aromatic rings. The second-order valence-electron chi connectivity index (χ2n) is 4.81. The van der Waals surface area contributed by atoms with Gasteiger partial charge in [-0.3, -0.25) is 4.79 Å². The number of hydrogen-bond donors (Lipinski definition) is 2. The lowest BCUT2D eigenvalue weighted by atomic mass is 10.2. The van der Waals surface area contributed by atoms with Crippen LogP contribution in [0.5, 0.6) is 0 Å². The van der Waals surface area contributed by atoms with E-state index in [4.69, 9.17) is 5.11 Å². The standard InChI is InChI=1S/C13H14N2O4S/c16-13(17)11-6-3-7-15(11)20(18,19)12-8-14-10-5-2-1-4-9(10)12/h1-2,4-5,8,11,14H,3,6-7H2,(H,16,17). The zero-order chi connectivity index (χ0) is 14.3. The summed E-state index contributed by atoms with van der Waals surface area (Å²) in [6.07, 6.45) is 2.35. The van der Waals surface area contributed by atoms with E-state index in [9.17, 15) is 13.2 Å². The summed E-state index contributed by atoms with van der Waals surface area (Å²) in [6, 6.07) is 6.10. The number of fused-ring (bicyclic) bond motifs is 1. The minimum atomic E-state index is -3.79. The van der Waals surface area contributed by atoms with Crippen molar-refractivity contribution in [2.75, 3.05) is 6.54 Å². The molecule has 1 aliphatic rings. The molecule has 1 unspecified atom stereocenters. The SMILES string of the molecule is O=C(O)C1CCCN1S(=O)(=O)c1c[nH]c2ccccc12. The van der Waals surface area contributed by atoms with Gasteiger partial charge in [0.1, 0.15) is 10.9 Å². The Morgan fingerprint density at radius 2 is 2.10 bits per heavy atom. The normalized spacial score (nSPS) is 20.5. The number of aromatic amines is 1. The molecule has 106 valence electrons. The van der Waals surface area contributed by atoms with Gasteiger partial charge in [0.25, 0.3) is 0 Å². The van der Waals surface area contributed by atoms with Crippen LogP contribution in [0.3, 0.4) is 0 Å². The number of benzene rings is 1. The number of carbonyl (C=O) groups is 1. The molecule has 1 atom stereocenters. The molecule has 6 nitrogen and oxygen atoms in total. The fourth-order valence-corrected chi connectivity index (χ4v) is 4.48. The van der Waals surface area contributed by atoms with Crippen molar-refractivity contribution < 1.29 is 18.3 Å². The Kier molecular flexibility index (Phi) is 3.02. The van der Waals surface area contributed by atoms with Crippen molar-refractivity contribution in [3.63, 3.8) is 0 Å². The van der Waals surface area contributed by atoms with E-state index < -0.39 is 22.0 Å². The molecule has 3 rings (SSSR count). The van der Waals surface area contributed by atoms with Gasteiger partial charge in [-0.1, -0.05) is 18.2 Å². The summed E-state index contributed by atoms with van der Waals surface area (Å²) in [5.41, 5.74) is 0.720. The van der Waals surface area contributed by atoms with Gasteiger partial charge >= 0.3 is 5.97 Å². The molecule has 0 amide bonds. The Bertz CT molecular complexity index is 766. The Morgan fingerprint density at radius 3 is 2.85 bits per heavy atom. The van der Waals surface area contributed by atoms with E-state index >= 15 is 0 Å². The molecule has 0 saturated carbocycles. The molecule has 1 aromatic heterocycles. The molecule has 0 aliphatic carbocycles. The maximum Gasteiger partial charge on any atom is 0.322 e. The Morgan fingerprint density at radius 1 is 1.35 bits per heavy atom. The molecular weight excluding hydrogens is 280 g/mol. The Labute approximate surface area is 116 Å². The van der Waals surface area contributed by atoms with Crippen molar-refractivity contribution in [2.45, 2.75) is 23.8 Å². The molecule has 0 bridgehead atoms. The molecule has 1 aliphatic heterocycles. The van der Waals surface area contributed by atoms with E-state index in [2.05, 4.69) is 4.98 Å². The van der Waals surface area contributed by atoms with Gasteiger partial charge < -0.3 is 10.1 Å². The maximum absolute atomic E-state index is 12.7. The third kappa shape index (κ3) is 1.90. The fraction of sp³-hybridized carbons (Fsp3) is 0.308. The summed E-state index contributed by atoms with van der Waals surface area (Å²) >= 11 is 0. The highest BCUT2D eigenvalue weighted by atomic mass is 32.2. The molecule has 1 aromatic carbocycles. The summed E-state index contributed by atoms with van der Waals surface area (Å²) in [5, 5.41) is 9.73. The third-order valence-corrected chi connectivity index (χ3v) is 5.57. The van der Waals surface area contributed by atoms with Crippen LogP contribution in [0.15, 0.2) is 35.4 Å². The number of aromatic nitrogens is 1. The third-order valence-electron chi connectivity index (χ3n) is 3.63. The number of aliphatic carboxylic acids is 1. The van der Waals surface area contributed by atoms with Crippen molar-refractivity contribution in [1.29, 1.82) is 0 Å². The van der Waals surface area contributed by atoms with Gasteiger partial charge in [0, 0.05) is 23.6 Å². The van der Waals surface area contributed by atoms with Crippen LogP contribution < -0.4 is 0 Å². The number of nitrogens with one attached hydrogen (secondary N) is 1. The van der Waals surface area contributed by atoms with Crippen LogP contribution in [-0.4, -0.2) is 41.4 Å². The predicted octanol–water partition coefficient (Wildman–Crippen LogP) is 1.41. The summed E-state index contributed by atoms with van der Waals surface area (Å²) in [7, 11) is -3.79. The molecule has 0 radical (unpaired) electrons. The minimum absolute atomic E-state index is 0.140. The number of carboxylic acid groups (broad SMARTS) is 1. The number of para-hydroxylation sites is 1. The molecule has 1 fully saturated rings. The van der Waals surface area contributed by atoms with Crippen molar-refractivity contribution in [3.8, 4) is 0 Å². The number of nitrogens with zero attached hydrogens (tertiary/aromatic N) is 1. The van der Waals surface area contributed by atoms with Crippen LogP contribution in [0.2, 0.25) is 0 Å². The highest BCUT2D eigenvalue weighted by molar-refractivity contribution is 7.89. The van der Waals surface area contributed by atoms with Crippen molar-refractivity contribution in [2.24, 2.45) is 0 Å². The number of rotatable bonds is 3. The number of carboxylic acids is 1. The van der Waals surface area contributed by atoms with Crippen molar-refractivity contribution >= 4 is 26.9 Å². The smallest absolute Gasteiger partial charge is 0.322 e. The second-order valence-corrected chi connectivity index (χ2v) is 6.67. The van der Waals surface area contributed by atoms with E-state index in [-0.39, 0.29) is 11.4 Å². The first-order valence-electron chi connectivity index (χ1n) is 6.32. The van der Waals surface area contributed by atoms with Crippen LogP contribution in [0, 0.1) is 0 Å². The molecular formula is C13H14N2O4S. The molecule has 0 spiro atoms. The zero-order valence-electron chi connectivity index (χ0n) is 10.6. The molecule has 20 heavy (non-hydrogen) atoms. The van der Waals surface area contributed by atoms with E-state index in [0.717, 1.165) is 9.82 Å². The predicted molar refractivity (Wildman–Crippen MR) is 72.8 cm³/mol. The highest BCUT2D eigenvalue weighted by Gasteiger charge is 2.40. The number of H-pyrrole nitrogens is 1. The van der Waals surface area contributed by atoms with E-state index in [1.54, 1.807) is 18.2 Å². The van der Waals surface area contributed by atoms with E-state index in [0.29, 0.717) is 18.2 Å². The van der Waals surface area contributed by atoms with Gasteiger partial charge in [-0.25, -0.2) is 8.42 Å². The quantitative estimate of drug-likeness (QED) is 0.895. The van der Waals surface area contributed by atoms with Crippen LogP contribution in [0.1, 0.15) is 12.8 Å². The zero-order valence-corrected chi connectivity index (χ0v) is 11.4. The highest BCUT2D eigenvalue weighted by Crippen LogP contribution is 2.30. The van der Waals surface area contributed by atoms with Gasteiger partial charge in [-0.05, 0) is 18.9 Å². The molecule has 1 saturated heterocycles. The lowest BCUT2D eigenvalue weighted by Gasteiger charge is -2.20. The summed E-state index contributed by atoms with van der Waals surface area (Å²) in [4.78, 5) is 14.2. The summed E-state index contributed by atoms with van der Waals surface area (Å²) in [5.74, 6) is -1.09. The molecule has 2 N–H and O–H groups in total. The monoisotopic (exact) mass is 294 g/mol. The van der Waals surface area contributed by atoms with Crippen molar-refractivity contribution in [1.82, 2.24) is 9.29 Å². The minimum Gasteiger partial charge on any atom is -0.480 e.